The molecule has 0 aromatic rings. The molecule has 0 aliphatic carbocycles. The average Bonchev–Trinajstić information content (AvgIpc) is 2.37. The molecule has 1 saturated heterocycles. The standard InChI is InChI=1S/C13H23NO2/c1-5-13(4,6-2)11(3)12(15)14-7-9-16-10-8-14/h5,11H,1,6-10H2,2-4H3/t11-,13+/m0/s1. The number of amides is 1. The molecule has 1 heterocycles. The van der Waals surface area contributed by atoms with E-state index in [9.17, 15) is 4.79 Å². The van der Waals surface area contributed by atoms with Crippen molar-refractivity contribution in [2.75, 3.05) is 26.3 Å². The van der Waals surface area contributed by atoms with Crippen LogP contribution >= 0.6 is 0 Å². The summed E-state index contributed by atoms with van der Waals surface area (Å²) in [4.78, 5) is 14.2. The van der Waals surface area contributed by atoms with Crippen LogP contribution in [0.2, 0.25) is 0 Å². The van der Waals surface area contributed by atoms with E-state index >= 15 is 0 Å². The molecule has 1 aliphatic heterocycles. The highest BCUT2D eigenvalue weighted by molar-refractivity contribution is 5.79. The van der Waals surface area contributed by atoms with Crippen molar-refractivity contribution in [2.45, 2.75) is 27.2 Å². The minimum absolute atomic E-state index is 0.00639. The van der Waals surface area contributed by atoms with Crippen LogP contribution in [0.15, 0.2) is 12.7 Å². The van der Waals surface area contributed by atoms with E-state index in [-0.39, 0.29) is 17.2 Å². The van der Waals surface area contributed by atoms with Crippen molar-refractivity contribution in [1.82, 2.24) is 4.90 Å². The molecular weight excluding hydrogens is 202 g/mol. The lowest BCUT2D eigenvalue weighted by Crippen LogP contribution is -2.46. The van der Waals surface area contributed by atoms with Crippen molar-refractivity contribution >= 4 is 5.91 Å². The number of nitrogens with zero attached hydrogens (tertiary/aromatic N) is 1. The molecule has 0 aromatic heterocycles. The molecule has 1 fully saturated rings. The molecule has 92 valence electrons. The molecule has 3 heteroatoms. The van der Waals surface area contributed by atoms with E-state index in [1.54, 1.807) is 0 Å². The second-order valence-corrected chi connectivity index (χ2v) is 4.72. The Kier molecular flexibility index (Phi) is 4.54. The van der Waals surface area contributed by atoms with Crippen LogP contribution in [0.4, 0.5) is 0 Å². The Morgan fingerprint density at radius 2 is 2.12 bits per heavy atom. The molecule has 1 amide bonds. The summed E-state index contributed by atoms with van der Waals surface area (Å²) in [6, 6.07) is 0. The van der Waals surface area contributed by atoms with Gasteiger partial charge in [0.1, 0.15) is 0 Å². The molecular formula is C13H23NO2. The summed E-state index contributed by atoms with van der Waals surface area (Å²) in [5, 5.41) is 0. The number of rotatable bonds is 4. The monoisotopic (exact) mass is 225 g/mol. The molecule has 0 saturated carbocycles. The van der Waals surface area contributed by atoms with Crippen LogP contribution < -0.4 is 0 Å². The SMILES string of the molecule is C=C[C@](C)(CC)[C@@H](C)C(=O)N1CCOCC1. The highest BCUT2D eigenvalue weighted by Crippen LogP contribution is 2.33. The van der Waals surface area contributed by atoms with E-state index in [2.05, 4.69) is 20.4 Å². The highest BCUT2D eigenvalue weighted by atomic mass is 16.5. The van der Waals surface area contributed by atoms with Gasteiger partial charge in [-0.1, -0.05) is 26.8 Å². The quantitative estimate of drug-likeness (QED) is 0.686. The third-order valence-electron chi connectivity index (χ3n) is 3.91. The second kappa shape index (κ2) is 5.48. The average molecular weight is 225 g/mol. The molecule has 2 atom stereocenters. The predicted molar refractivity (Wildman–Crippen MR) is 65.2 cm³/mol. The van der Waals surface area contributed by atoms with E-state index in [0.29, 0.717) is 13.2 Å². The summed E-state index contributed by atoms with van der Waals surface area (Å²) >= 11 is 0. The van der Waals surface area contributed by atoms with Gasteiger partial charge in [0.25, 0.3) is 0 Å². The Hall–Kier alpha value is -0.830. The smallest absolute Gasteiger partial charge is 0.226 e. The Bertz CT molecular complexity index is 259. The summed E-state index contributed by atoms with van der Waals surface area (Å²) in [6.07, 6.45) is 2.85. The summed E-state index contributed by atoms with van der Waals surface area (Å²) in [5.74, 6) is 0.223. The largest absolute Gasteiger partial charge is 0.378 e. The van der Waals surface area contributed by atoms with Gasteiger partial charge in [-0.05, 0) is 11.8 Å². The van der Waals surface area contributed by atoms with Crippen molar-refractivity contribution in [2.24, 2.45) is 11.3 Å². The van der Waals surface area contributed by atoms with Gasteiger partial charge in [-0.25, -0.2) is 0 Å². The number of carbonyl (C=O) groups excluding carboxylic acids is 1. The summed E-state index contributed by atoms with van der Waals surface area (Å²) in [7, 11) is 0. The van der Waals surface area contributed by atoms with E-state index in [1.165, 1.54) is 0 Å². The first kappa shape index (κ1) is 13.2. The van der Waals surface area contributed by atoms with Crippen molar-refractivity contribution in [1.29, 1.82) is 0 Å². The van der Waals surface area contributed by atoms with Gasteiger partial charge in [0, 0.05) is 19.0 Å². The third-order valence-corrected chi connectivity index (χ3v) is 3.91. The lowest BCUT2D eigenvalue weighted by atomic mass is 9.75. The number of carbonyl (C=O) groups is 1. The lowest BCUT2D eigenvalue weighted by Gasteiger charge is -2.36. The molecule has 16 heavy (non-hydrogen) atoms. The van der Waals surface area contributed by atoms with Crippen molar-refractivity contribution < 1.29 is 9.53 Å². The Balaban J connectivity index is 2.68. The second-order valence-electron chi connectivity index (χ2n) is 4.72. The summed E-state index contributed by atoms with van der Waals surface area (Å²) in [6.45, 7) is 12.8. The van der Waals surface area contributed by atoms with Crippen LogP contribution in [-0.4, -0.2) is 37.1 Å². The van der Waals surface area contributed by atoms with Crippen LogP contribution in [0.3, 0.4) is 0 Å². The fourth-order valence-corrected chi connectivity index (χ4v) is 1.97. The van der Waals surface area contributed by atoms with E-state index in [4.69, 9.17) is 4.74 Å². The minimum Gasteiger partial charge on any atom is -0.378 e. The van der Waals surface area contributed by atoms with Gasteiger partial charge in [-0.2, -0.15) is 0 Å². The fourth-order valence-electron chi connectivity index (χ4n) is 1.97. The maximum absolute atomic E-state index is 12.3. The van der Waals surface area contributed by atoms with Crippen LogP contribution in [0.25, 0.3) is 0 Å². The molecule has 0 bridgehead atoms. The zero-order valence-electron chi connectivity index (χ0n) is 10.7. The van der Waals surface area contributed by atoms with Crippen LogP contribution in [0, 0.1) is 11.3 Å². The fraction of sp³-hybridized carbons (Fsp3) is 0.769. The molecule has 1 aliphatic rings. The van der Waals surface area contributed by atoms with Gasteiger partial charge in [0.2, 0.25) is 5.91 Å². The number of hydrogen-bond donors (Lipinski definition) is 0. The molecule has 3 nitrogen and oxygen atoms in total. The zero-order valence-corrected chi connectivity index (χ0v) is 10.7. The van der Waals surface area contributed by atoms with Crippen molar-refractivity contribution in [3.63, 3.8) is 0 Å². The van der Waals surface area contributed by atoms with Gasteiger partial charge in [0.05, 0.1) is 13.2 Å². The van der Waals surface area contributed by atoms with Crippen molar-refractivity contribution in [3.8, 4) is 0 Å². The van der Waals surface area contributed by atoms with Crippen LogP contribution in [-0.2, 0) is 9.53 Å². The van der Waals surface area contributed by atoms with E-state index in [1.807, 2.05) is 17.9 Å². The van der Waals surface area contributed by atoms with Gasteiger partial charge < -0.3 is 9.64 Å². The molecule has 0 aromatic carbocycles. The van der Waals surface area contributed by atoms with Crippen LogP contribution in [0.5, 0.6) is 0 Å². The van der Waals surface area contributed by atoms with Crippen molar-refractivity contribution in [3.05, 3.63) is 12.7 Å². The number of hydrogen-bond acceptors (Lipinski definition) is 2. The molecule has 0 unspecified atom stereocenters. The first-order valence-corrected chi connectivity index (χ1v) is 6.05. The van der Waals surface area contributed by atoms with Crippen LogP contribution in [0.1, 0.15) is 27.2 Å². The molecule has 0 N–H and O–H groups in total. The summed E-state index contributed by atoms with van der Waals surface area (Å²) in [5.41, 5.74) is -0.102. The first-order valence-electron chi connectivity index (χ1n) is 6.05. The number of ether oxygens (including phenoxy) is 1. The Morgan fingerprint density at radius 1 is 1.56 bits per heavy atom. The van der Waals surface area contributed by atoms with Gasteiger partial charge in [-0.15, -0.1) is 6.58 Å². The van der Waals surface area contributed by atoms with E-state index < -0.39 is 0 Å². The summed E-state index contributed by atoms with van der Waals surface area (Å²) < 4.78 is 5.25. The molecule has 1 rings (SSSR count). The normalized spacial score (nSPS) is 22.3. The van der Waals surface area contributed by atoms with E-state index in [0.717, 1.165) is 19.5 Å². The predicted octanol–water partition coefficient (Wildman–Crippen LogP) is 2.08. The molecule has 0 radical (unpaired) electrons. The highest BCUT2D eigenvalue weighted by Gasteiger charge is 2.34. The topological polar surface area (TPSA) is 29.5 Å². The number of morpholine rings is 1. The Morgan fingerprint density at radius 3 is 2.56 bits per heavy atom. The number of allylic oxidation sites excluding steroid dienone is 1. The zero-order chi connectivity index (χ0) is 12.2. The first-order chi connectivity index (χ1) is 7.55. The van der Waals surface area contributed by atoms with Gasteiger partial charge in [-0.3, -0.25) is 4.79 Å². The minimum atomic E-state index is -0.102. The molecule has 0 spiro atoms. The maximum Gasteiger partial charge on any atom is 0.226 e. The van der Waals surface area contributed by atoms with Gasteiger partial charge >= 0.3 is 0 Å². The maximum atomic E-state index is 12.3. The Labute approximate surface area is 98.5 Å². The lowest BCUT2D eigenvalue weighted by molar-refractivity contribution is -0.142. The van der Waals surface area contributed by atoms with Gasteiger partial charge in [0.15, 0.2) is 0 Å². The third kappa shape index (κ3) is 2.64.